The molecule has 0 aromatic heterocycles. The minimum absolute atomic E-state index is 0.0811. The van der Waals surface area contributed by atoms with Crippen molar-refractivity contribution in [3.8, 4) is 0 Å². The third kappa shape index (κ3) is 3.51. The zero-order valence-corrected chi connectivity index (χ0v) is 11.8. The molecule has 102 valence electrons. The van der Waals surface area contributed by atoms with Crippen LogP contribution in [0, 0.1) is 13.8 Å². The fourth-order valence-electron chi connectivity index (χ4n) is 1.83. The molecule has 4 heteroatoms. The largest absolute Gasteiger partial charge is 0.326 e. The van der Waals surface area contributed by atoms with E-state index in [1.165, 1.54) is 6.92 Å². The summed E-state index contributed by atoms with van der Waals surface area (Å²) in [6.07, 6.45) is 0. The Labute approximate surface area is 118 Å². The number of benzene rings is 2. The molecule has 0 aliphatic carbocycles. The monoisotopic (exact) mass is 267 g/mol. The van der Waals surface area contributed by atoms with Gasteiger partial charge in [0.2, 0.25) is 5.91 Å². The van der Waals surface area contributed by atoms with E-state index in [0.717, 1.165) is 28.2 Å². The number of nitrogens with one attached hydrogen (secondary N) is 1. The lowest BCUT2D eigenvalue weighted by molar-refractivity contribution is -0.114. The van der Waals surface area contributed by atoms with Crippen molar-refractivity contribution < 1.29 is 4.79 Å². The highest BCUT2D eigenvalue weighted by atomic mass is 16.1. The first-order valence-corrected chi connectivity index (χ1v) is 6.42. The molecule has 0 aliphatic rings. The molecule has 0 saturated heterocycles. The highest BCUT2D eigenvalue weighted by Gasteiger charge is 2.01. The highest BCUT2D eigenvalue weighted by molar-refractivity contribution is 5.89. The van der Waals surface area contributed by atoms with Crippen LogP contribution < -0.4 is 5.32 Å². The summed E-state index contributed by atoms with van der Waals surface area (Å²) in [6.45, 7) is 5.42. The Morgan fingerprint density at radius 2 is 1.75 bits per heavy atom. The molecule has 20 heavy (non-hydrogen) atoms. The number of rotatable bonds is 3. The van der Waals surface area contributed by atoms with Crippen molar-refractivity contribution in [1.82, 2.24) is 0 Å². The number of anilines is 1. The van der Waals surface area contributed by atoms with E-state index in [0.29, 0.717) is 0 Å². The van der Waals surface area contributed by atoms with E-state index in [1.807, 2.05) is 56.3 Å². The number of nitrogens with zero attached hydrogens (tertiary/aromatic N) is 2. The van der Waals surface area contributed by atoms with Gasteiger partial charge in [0.1, 0.15) is 0 Å². The molecule has 0 bridgehead atoms. The molecule has 1 N–H and O–H groups in total. The van der Waals surface area contributed by atoms with E-state index in [2.05, 4.69) is 15.5 Å². The van der Waals surface area contributed by atoms with Crippen molar-refractivity contribution in [3.63, 3.8) is 0 Å². The number of carbonyl (C=O) groups excluding carboxylic acids is 1. The van der Waals surface area contributed by atoms with Gasteiger partial charge in [-0.3, -0.25) is 4.79 Å². The van der Waals surface area contributed by atoms with Crippen molar-refractivity contribution >= 4 is 23.0 Å². The number of azo groups is 1. The van der Waals surface area contributed by atoms with Crippen LogP contribution in [0.1, 0.15) is 18.1 Å². The lowest BCUT2D eigenvalue weighted by Crippen LogP contribution is -2.06. The van der Waals surface area contributed by atoms with E-state index >= 15 is 0 Å². The van der Waals surface area contributed by atoms with Crippen LogP contribution in [0.2, 0.25) is 0 Å². The van der Waals surface area contributed by atoms with Crippen molar-refractivity contribution in [2.75, 3.05) is 5.32 Å². The van der Waals surface area contributed by atoms with Crippen molar-refractivity contribution in [3.05, 3.63) is 53.6 Å². The smallest absolute Gasteiger partial charge is 0.221 e. The van der Waals surface area contributed by atoms with Gasteiger partial charge in [0, 0.05) is 12.6 Å². The molecular weight excluding hydrogens is 250 g/mol. The molecule has 4 nitrogen and oxygen atoms in total. The average Bonchev–Trinajstić information content (AvgIpc) is 2.40. The fourth-order valence-corrected chi connectivity index (χ4v) is 1.83. The van der Waals surface area contributed by atoms with Gasteiger partial charge in [0.15, 0.2) is 0 Å². The summed E-state index contributed by atoms with van der Waals surface area (Å²) in [4.78, 5) is 11.0. The zero-order chi connectivity index (χ0) is 14.5. The quantitative estimate of drug-likeness (QED) is 0.807. The molecule has 0 aliphatic heterocycles. The van der Waals surface area contributed by atoms with E-state index in [-0.39, 0.29) is 5.91 Å². The Hall–Kier alpha value is -2.49. The predicted octanol–water partition coefficient (Wildman–Crippen LogP) is 4.68. The number of amides is 1. The Balaban J connectivity index is 2.20. The third-order valence-corrected chi connectivity index (χ3v) is 2.91. The van der Waals surface area contributed by atoms with Gasteiger partial charge in [-0.05, 0) is 49.2 Å². The second-order valence-electron chi connectivity index (χ2n) is 4.67. The first kappa shape index (κ1) is 13.9. The first-order chi connectivity index (χ1) is 9.56. The molecule has 0 saturated carbocycles. The summed E-state index contributed by atoms with van der Waals surface area (Å²) < 4.78 is 0. The van der Waals surface area contributed by atoms with Crippen LogP contribution in [-0.4, -0.2) is 5.91 Å². The highest BCUT2D eigenvalue weighted by Crippen LogP contribution is 2.25. The van der Waals surface area contributed by atoms with Gasteiger partial charge < -0.3 is 5.32 Å². The topological polar surface area (TPSA) is 53.8 Å². The lowest BCUT2D eigenvalue weighted by Gasteiger charge is -2.06. The van der Waals surface area contributed by atoms with Crippen LogP contribution >= 0.6 is 0 Å². The maximum atomic E-state index is 11.0. The standard InChI is InChI=1S/C16H17N3O/c1-11-6-4-5-7-16(11)19-18-14-8-9-15(12(2)10-14)17-13(3)20/h4-10H,1-3H3,(H,17,20)/b19-18+. The second-order valence-corrected chi connectivity index (χ2v) is 4.67. The molecule has 0 atom stereocenters. The molecule has 2 rings (SSSR count). The summed E-state index contributed by atoms with van der Waals surface area (Å²) in [5, 5.41) is 11.2. The Kier molecular flexibility index (Phi) is 4.25. The van der Waals surface area contributed by atoms with Crippen LogP contribution in [-0.2, 0) is 4.79 Å². The van der Waals surface area contributed by atoms with Gasteiger partial charge in [-0.25, -0.2) is 0 Å². The maximum absolute atomic E-state index is 11.0. The first-order valence-electron chi connectivity index (χ1n) is 6.42. The number of aryl methyl sites for hydroxylation is 2. The number of carbonyl (C=O) groups is 1. The molecule has 0 fully saturated rings. The average molecular weight is 267 g/mol. The van der Waals surface area contributed by atoms with E-state index in [4.69, 9.17) is 0 Å². The van der Waals surface area contributed by atoms with Crippen LogP contribution in [0.25, 0.3) is 0 Å². The molecule has 2 aromatic carbocycles. The predicted molar refractivity (Wildman–Crippen MR) is 80.8 cm³/mol. The molecular formula is C16H17N3O. The molecule has 0 spiro atoms. The second kappa shape index (κ2) is 6.10. The summed E-state index contributed by atoms with van der Waals surface area (Å²) in [7, 11) is 0. The van der Waals surface area contributed by atoms with Crippen LogP contribution in [0.5, 0.6) is 0 Å². The van der Waals surface area contributed by atoms with Gasteiger partial charge in [-0.2, -0.15) is 10.2 Å². The van der Waals surface area contributed by atoms with Gasteiger partial charge in [0.05, 0.1) is 11.4 Å². The number of hydrogen-bond acceptors (Lipinski definition) is 3. The molecule has 2 aromatic rings. The summed E-state index contributed by atoms with van der Waals surface area (Å²) in [6, 6.07) is 13.4. The fraction of sp³-hybridized carbons (Fsp3) is 0.188. The molecule has 0 unspecified atom stereocenters. The van der Waals surface area contributed by atoms with Gasteiger partial charge in [-0.15, -0.1) is 0 Å². The van der Waals surface area contributed by atoms with Crippen molar-refractivity contribution in [2.45, 2.75) is 20.8 Å². The molecule has 0 heterocycles. The Morgan fingerprint density at radius 1 is 1.00 bits per heavy atom. The van der Waals surface area contributed by atoms with E-state index in [9.17, 15) is 4.79 Å². The summed E-state index contributed by atoms with van der Waals surface area (Å²) >= 11 is 0. The number of hydrogen-bond donors (Lipinski definition) is 1. The maximum Gasteiger partial charge on any atom is 0.221 e. The van der Waals surface area contributed by atoms with Crippen LogP contribution in [0.15, 0.2) is 52.7 Å². The van der Waals surface area contributed by atoms with Crippen LogP contribution in [0.4, 0.5) is 17.1 Å². The molecule has 1 amide bonds. The van der Waals surface area contributed by atoms with E-state index < -0.39 is 0 Å². The zero-order valence-electron chi connectivity index (χ0n) is 11.8. The van der Waals surface area contributed by atoms with Crippen LogP contribution in [0.3, 0.4) is 0 Å². The SMILES string of the molecule is CC(=O)Nc1ccc(/N=N/c2ccccc2C)cc1C. The van der Waals surface area contributed by atoms with Gasteiger partial charge in [0.25, 0.3) is 0 Å². The Bertz CT molecular complexity index is 663. The molecule has 0 radical (unpaired) electrons. The minimum atomic E-state index is -0.0811. The normalized spacial score (nSPS) is 10.8. The van der Waals surface area contributed by atoms with Gasteiger partial charge >= 0.3 is 0 Å². The summed E-state index contributed by atoms with van der Waals surface area (Å²) in [5.41, 5.74) is 4.47. The third-order valence-electron chi connectivity index (χ3n) is 2.91. The summed E-state index contributed by atoms with van der Waals surface area (Å²) in [5.74, 6) is -0.0811. The Morgan fingerprint density at radius 3 is 2.40 bits per heavy atom. The van der Waals surface area contributed by atoms with E-state index in [1.54, 1.807) is 0 Å². The van der Waals surface area contributed by atoms with Crippen molar-refractivity contribution in [2.24, 2.45) is 10.2 Å². The van der Waals surface area contributed by atoms with Crippen molar-refractivity contribution in [1.29, 1.82) is 0 Å². The van der Waals surface area contributed by atoms with Gasteiger partial charge in [-0.1, -0.05) is 18.2 Å². The minimum Gasteiger partial charge on any atom is -0.326 e. The lowest BCUT2D eigenvalue weighted by atomic mass is 10.2.